The molecule has 33 heavy (non-hydrogen) atoms. The third-order valence-corrected chi connectivity index (χ3v) is 7.20. The molecule has 2 aromatic rings. The molecule has 2 aromatic heterocycles. The van der Waals surface area contributed by atoms with E-state index in [0.29, 0.717) is 18.5 Å². The first kappa shape index (κ1) is 22.5. The number of halogens is 4. The highest BCUT2D eigenvalue weighted by molar-refractivity contribution is 6.33. The van der Waals surface area contributed by atoms with Crippen molar-refractivity contribution in [3.05, 3.63) is 34.2 Å². The minimum Gasteiger partial charge on any atom is -0.393 e. The first-order chi connectivity index (χ1) is 15.6. The van der Waals surface area contributed by atoms with Crippen LogP contribution in [-0.4, -0.2) is 67.9 Å². The van der Waals surface area contributed by atoms with Crippen LogP contribution in [0.2, 0.25) is 5.15 Å². The summed E-state index contributed by atoms with van der Waals surface area (Å²) in [5.41, 5.74) is -1.11. The van der Waals surface area contributed by atoms with Gasteiger partial charge in [0.25, 0.3) is 5.91 Å². The van der Waals surface area contributed by atoms with E-state index in [2.05, 4.69) is 4.98 Å². The van der Waals surface area contributed by atoms with Crippen molar-refractivity contribution >= 4 is 29.1 Å². The molecule has 0 spiro atoms. The molecule has 7 nitrogen and oxygen atoms in total. The number of aliphatic hydroxyl groups is 1. The quantitative estimate of drug-likeness (QED) is 0.723. The molecule has 3 aliphatic rings. The van der Waals surface area contributed by atoms with Gasteiger partial charge in [0.2, 0.25) is 5.91 Å². The lowest BCUT2D eigenvalue weighted by molar-refractivity contribution is -0.139. The van der Waals surface area contributed by atoms with Crippen LogP contribution in [0.3, 0.4) is 0 Å². The second kappa shape index (κ2) is 8.16. The van der Waals surface area contributed by atoms with Gasteiger partial charge < -0.3 is 14.9 Å². The van der Waals surface area contributed by atoms with Crippen molar-refractivity contribution in [2.24, 2.45) is 0 Å². The smallest absolute Gasteiger partial charge is 0.393 e. The third-order valence-electron chi connectivity index (χ3n) is 6.84. The van der Waals surface area contributed by atoms with Gasteiger partial charge in [-0.3, -0.25) is 14.0 Å². The number of hydrogen-bond acceptors (Lipinski definition) is 4. The lowest BCUT2D eigenvalue weighted by atomic mass is 9.91. The fraction of sp³-hybridized carbons (Fsp3) is 0.591. The number of piperazine rings is 1. The van der Waals surface area contributed by atoms with Crippen LogP contribution in [0.25, 0.3) is 5.65 Å². The van der Waals surface area contributed by atoms with Gasteiger partial charge >= 0.3 is 6.18 Å². The highest BCUT2D eigenvalue weighted by atomic mass is 35.5. The Hall–Kier alpha value is -2.33. The molecule has 5 rings (SSSR count). The van der Waals surface area contributed by atoms with Gasteiger partial charge in [-0.1, -0.05) is 11.6 Å². The summed E-state index contributed by atoms with van der Waals surface area (Å²) in [6, 6.07) is 1.03. The Bertz CT molecular complexity index is 1110. The zero-order chi connectivity index (χ0) is 23.5. The Morgan fingerprint density at radius 1 is 1.18 bits per heavy atom. The largest absolute Gasteiger partial charge is 0.419 e. The molecule has 2 atom stereocenters. The van der Waals surface area contributed by atoms with Gasteiger partial charge in [-0.25, -0.2) is 4.98 Å². The molecular weight excluding hydrogens is 461 g/mol. The van der Waals surface area contributed by atoms with Gasteiger partial charge in [-0.05, 0) is 56.1 Å². The topological polar surface area (TPSA) is 78.2 Å². The number of rotatable bonds is 3. The summed E-state index contributed by atoms with van der Waals surface area (Å²) in [6.07, 6.45) is 0.934. The zero-order valence-corrected chi connectivity index (χ0v) is 18.6. The van der Waals surface area contributed by atoms with Crippen LogP contribution >= 0.6 is 11.6 Å². The van der Waals surface area contributed by atoms with Crippen LogP contribution in [0, 0.1) is 0 Å². The molecule has 1 aliphatic heterocycles. The van der Waals surface area contributed by atoms with Gasteiger partial charge in [-0.15, -0.1) is 0 Å². The number of carbonyl (C=O) groups excluding carboxylic acids is 2. The SMILES string of the molecule is O=C(c1nc2c(C(F)(F)F)cc(C3CC3)cn2c1Cl)N1CCN([C@@H]2CCC[C@H](O)C2)C(=O)C1. The highest BCUT2D eigenvalue weighted by Crippen LogP contribution is 2.43. The molecule has 0 unspecified atom stereocenters. The van der Waals surface area contributed by atoms with Crippen molar-refractivity contribution in [3.8, 4) is 0 Å². The number of fused-ring (bicyclic) bond motifs is 1. The average molecular weight is 485 g/mol. The summed E-state index contributed by atoms with van der Waals surface area (Å²) in [6.45, 7) is 0.322. The normalized spacial score (nSPS) is 24.6. The molecular formula is C22H24ClF3N4O3. The van der Waals surface area contributed by atoms with Crippen LogP contribution in [-0.2, 0) is 11.0 Å². The maximum Gasteiger partial charge on any atom is 0.419 e. The summed E-state index contributed by atoms with van der Waals surface area (Å²) in [5.74, 6) is -0.862. The fourth-order valence-corrected chi connectivity index (χ4v) is 5.19. The lowest BCUT2D eigenvalue weighted by Gasteiger charge is -2.41. The van der Waals surface area contributed by atoms with E-state index in [1.165, 1.54) is 11.1 Å². The molecule has 0 radical (unpaired) electrons. The van der Waals surface area contributed by atoms with E-state index in [-0.39, 0.29) is 41.8 Å². The Morgan fingerprint density at radius 2 is 1.94 bits per heavy atom. The Labute approximate surface area is 193 Å². The standard InChI is InChI=1S/C22H24ClF3N4O3/c23-19-18(27-20-16(22(24,25)26)8-13(10-30(19)20)12-4-5-12)21(33)28-6-7-29(17(32)11-28)14-2-1-3-15(31)9-14/h8,10,12,14-15,31H,1-7,9,11H2/t14-,15+/m1/s1. The van der Waals surface area contributed by atoms with Crippen molar-refractivity contribution in [1.29, 1.82) is 0 Å². The molecule has 3 heterocycles. The zero-order valence-electron chi connectivity index (χ0n) is 17.8. The van der Waals surface area contributed by atoms with Crippen LogP contribution in [0.1, 0.15) is 66.1 Å². The maximum atomic E-state index is 13.7. The van der Waals surface area contributed by atoms with E-state index in [4.69, 9.17) is 11.6 Å². The number of alkyl halides is 3. The highest BCUT2D eigenvalue weighted by Gasteiger charge is 2.39. The summed E-state index contributed by atoms with van der Waals surface area (Å²) >= 11 is 6.36. The van der Waals surface area contributed by atoms with E-state index >= 15 is 0 Å². The van der Waals surface area contributed by atoms with E-state index in [1.807, 2.05) is 0 Å². The molecule has 2 aliphatic carbocycles. The van der Waals surface area contributed by atoms with Crippen LogP contribution < -0.4 is 0 Å². The minimum atomic E-state index is -4.65. The average Bonchev–Trinajstić information content (AvgIpc) is 3.56. The molecule has 11 heteroatoms. The summed E-state index contributed by atoms with van der Waals surface area (Å²) in [5, 5.41) is 9.73. The number of hydrogen-bond donors (Lipinski definition) is 1. The fourth-order valence-electron chi connectivity index (χ4n) is 4.94. The molecule has 1 N–H and O–H groups in total. The van der Waals surface area contributed by atoms with E-state index < -0.39 is 29.4 Å². The van der Waals surface area contributed by atoms with E-state index in [9.17, 15) is 27.9 Å². The summed E-state index contributed by atoms with van der Waals surface area (Å²) < 4.78 is 42.3. The van der Waals surface area contributed by atoms with Gasteiger partial charge in [-0.2, -0.15) is 13.2 Å². The minimum absolute atomic E-state index is 0.0529. The van der Waals surface area contributed by atoms with Crippen molar-refractivity contribution in [3.63, 3.8) is 0 Å². The maximum absolute atomic E-state index is 13.7. The van der Waals surface area contributed by atoms with Crippen LogP contribution in [0.15, 0.2) is 12.3 Å². The number of imidazole rings is 1. The number of aliphatic hydroxyl groups excluding tert-OH is 1. The van der Waals surface area contributed by atoms with Crippen molar-refractivity contribution in [2.45, 2.75) is 62.8 Å². The monoisotopic (exact) mass is 484 g/mol. The van der Waals surface area contributed by atoms with Gasteiger partial charge in [0.05, 0.1) is 11.7 Å². The molecule has 178 valence electrons. The number of pyridine rings is 1. The Morgan fingerprint density at radius 3 is 2.58 bits per heavy atom. The number of aromatic nitrogens is 2. The molecule has 2 amide bonds. The van der Waals surface area contributed by atoms with Crippen LogP contribution in [0.4, 0.5) is 13.2 Å². The van der Waals surface area contributed by atoms with Crippen molar-refractivity contribution in [1.82, 2.24) is 19.2 Å². The van der Waals surface area contributed by atoms with Crippen LogP contribution in [0.5, 0.6) is 0 Å². The van der Waals surface area contributed by atoms with Crippen molar-refractivity contribution < 1.29 is 27.9 Å². The van der Waals surface area contributed by atoms with E-state index in [1.54, 1.807) is 4.90 Å². The van der Waals surface area contributed by atoms with E-state index in [0.717, 1.165) is 42.6 Å². The number of carbonyl (C=O) groups is 2. The lowest BCUT2D eigenvalue weighted by Crippen LogP contribution is -2.56. The Balaban J connectivity index is 1.41. The number of nitrogens with zero attached hydrogens (tertiary/aromatic N) is 4. The second-order valence-electron chi connectivity index (χ2n) is 9.19. The van der Waals surface area contributed by atoms with Gasteiger partial charge in [0.1, 0.15) is 11.7 Å². The summed E-state index contributed by atoms with van der Waals surface area (Å²) in [7, 11) is 0. The predicted octanol–water partition coefficient (Wildman–Crippen LogP) is 3.47. The molecule has 3 fully saturated rings. The predicted molar refractivity (Wildman–Crippen MR) is 113 cm³/mol. The molecule has 1 saturated heterocycles. The molecule has 0 aromatic carbocycles. The van der Waals surface area contributed by atoms with Gasteiger partial charge in [0.15, 0.2) is 11.3 Å². The number of amides is 2. The Kier molecular flexibility index (Phi) is 5.55. The first-order valence-corrected chi connectivity index (χ1v) is 11.6. The first-order valence-electron chi connectivity index (χ1n) is 11.2. The molecule has 2 saturated carbocycles. The van der Waals surface area contributed by atoms with Gasteiger partial charge in [0, 0.05) is 25.3 Å². The third kappa shape index (κ3) is 4.19. The van der Waals surface area contributed by atoms with Crippen molar-refractivity contribution in [2.75, 3.05) is 19.6 Å². The second-order valence-corrected chi connectivity index (χ2v) is 9.55. The molecule has 0 bridgehead atoms. The summed E-state index contributed by atoms with van der Waals surface area (Å²) in [4.78, 5) is 32.8.